The molecule has 0 unspecified atom stereocenters. The fourth-order valence-electron chi connectivity index (χ4n) is 2.10. The molecule has 88 valence electrons. The Balaban J connectivity index is 1.79. The van der Waals surface area contributed by atoms with E-state index in [1.165, 1.54) is 0 Å². The number of aromatic amines is 1. The van der Waals surface area contributed by atoms with Gasteiger partial charge >= 0.3 is 0 Å². The number of aliphatic hydroxyl groups is 1. The summed E-state index contributed by atoms with van der Waals surface area (Å²) in [4.78, 5) is 0. The second-order valence-electron chi connectivity index (χ2n) is 4.65. The summed E-state index contributed by atoms with van der Waals surface area (Å²) in [5.74, 6) is 0. The first kappa shape index (κ1) is 10.5. The number of nitrogens with zero attached hydrogens (tertiary/aromatic N) is 1. The zero-order chi connectivity index (χ0) is 11.7. The maximum absolute atomic E-state index is 10.0. The van der Waals surface area contributed by atoms with E-state index in [0.717, 1.165) is 17.0 Å². The molecule has 0 spiro atoms. The number of hydrogen-bond acceptors (Lipinski definition) is 3. The first-order chi connectivity index (χ1) is 8.25. The lowest BCUT2D eigenvalue weighted by Crippen LogP contribution is -2.60. The van der Waals surface area contributed by atoms with Crippen molar-refractivity contribution in [1.29, 1.82) is 0 Å². The Bertz CT molecular complexity index is 502. The molecule has 0 bridgehead atoms. The predicted molar refractivity (Wildman–Crippen MR) is 65.5 cm³/mol. The van der Waals surface area contributed by atoms with E-state index in [1.807, 2.05) is 36.4 Å². The Labute approximate surface area is 99.7 Å². The number of benzene rings is 1. The van der Waals surface area contributed by atoms with Gasteiger partial charge in [-0.15, -0.1) is 0 Å². The SMILES string of the molecule is OC1(Cc2cc(-c3ccccc3)n[nH]2)CNC1. The van der Waals surface area contributed by atoms with Crippen LogP contribution in [0, 0.1) is 0 Å². The highest BCUT2D eigenvalue weighted by molar-refractivity contribution is 5.58. The van der Waals surface area contributed by atoms with Crippen molar-refractivity contribution in [3.63, 3.8) is 0 Å². The molecule has 1 aromatic carbocycles. The number of H-pyrrole nitrogens is 1. The molecule has 1 saturated heterocycles. The van der Waals surface area contributed by atoms with Gasteiger partial charge in [0.1, 0.15) is 0 Å². The quantitative estimate of drug-likeness (QED) is 0.734. The van der Waals surface area contributed by atoms with Crippen LogP contribution in [0.25, 0.3) is 11.3 Å². The lowest BCUT2D eigenvalue weighted by atomic mass is 9.91. The van der Waals surface area contributed by atoms with Gasteiger partial charge in [-0.3, -0.25) is 5.10 Å². The molecule has 4 heteroatoms. The minimum absolute atomic E-state index is 0.597. The number of rotatable bonds is 3. The molecular formula is C13H15N3O. The standard InChI is InChI=1S/C13H15N3O/c17-13(8-14-9-13)7-11-6-12(16-15-11)10-4-2-1-3-5-10/h1-6,14,17H,7-9H2,(H,15,16). The fraction of sp³-hybridized carbons (Fsp3) is 0.308. The summed E-state index contributed by atoms with van der Waals surface area (Å²) in [6, 6.07) is 12.0. The third kappa shape index (κ3) is 2.09. The van der Waals surface area contributed by atoms with Gasteiger partial charge in [0, 0.05) is 30.8 Å². The second-order valence-corrected chi connectivity index (χ2v) is 4.65. The molecule has 3 N–H and O–H groups in total. The van der Waals surface area contributed by atoms with Crippen LogP contribution in [-0.2, 0) is 6.42 Å². The molecule has 2 heterocycles. The van der Waals surface area contributed by atoms with Crippen molar-refractivity contribution in [3.8, 4) is 11.3 Å². The van der Waals surface area contributed by atoms with Gasteiger partial charge in [-0.2, -0.15) is 5.10 Å². The summed E-state index contributed by atoms with van der Waals surface area (Å²) in [7, 11) is 0. The number of β-amino-alcohol motifs (C(OH)–C–C–N with tert-alkyl or cyclic N) is 1. The monoisotopic (exact) mass is 229 g/mol. The van der Waals surface area contributed by atoms with E-state index in [-0.39, 0.29) is 0 Å². The maximum Gasteiger partial charge on any atom is 0.0949 e. The third-order valence-electron chi connectivity index (χ3n) is 3.13. The summed E-state index contributed by atoms with van der Waals surface area (Å²) in [6.45, 7) is 1.32. The smallest absolute Gasteiger partial charge is 0.0949 e. The predicted octanol–water partition coefficient (Wildman–Crippen LogP) is 0.953. The maximum atomic E-state index is 10.0. The van der Waals surface area contributed by atoms with E-state index >= 15 is 0 Å². The molecular weight excluding hydrogens is 214 g/mol. The van der Waals surface area contributed by atoms with Crippen LogP contribution in [0.3, 0.4) is 0 Å². The highest BCUT2D eigenvalue weighted by Crippen LogP contribution is 2.21. The molecule has 1 aliphatic heterocycles. The number of nitrogens with one attached hydrogen (secondary N) is 2. The third-order valence-corrected chi connectivity index (χ3v) is 3.13. The van der Waals surface area contributed by atoms with Gasteiger partial charge < -0.3 is 10.4 Å². The first-order valence-corrected chi connectivity index (χ1v) is 5.78. The summed E-state index contributed by atoms with van der Waals surface area (Å²) >= 11 is 0. The summed E-state index contributed by atoms with van der Waals surface area (Å²) in [6.07, 6.45) is 0.625. The molecule has 0 atom stereocenters. The van der Waals surface area contributed by atoms with Crippen LogP contribution in [0.2, 0.25) is 0 Å². The van der Waals surface area contributed by atoms with Crippen LogP contribution >= 0.6 is 0 Å². The summed E-state index contributed by atoms with van der Waals surface area (Å²) < 4.78 is 0. The van der Waals surface area contributed by atoms with E-state index in [4.69, 9.17) is 0 Å². The minimum atomic E-state index is -0.597. The molecule has 0 aliphatic carbocycles. The highest BCUT2D eigenvalue weighted by atomic mass is 16.3. The van der Waals surface area contributed by atoms with Gasteiger partial charge in [0.2, 0.25) is 0 Å². The van der Waals surface area contributed by atoms with Crippen LogP contribution in [0.5, 0.6) is 0 Å². The van der Waals surface area contributed by atoms with Crippen molar-refractivity contribution in [2.75, 3.05) is 13.1 Å². The Morgan fingerprint density at radius 2 is 2.00 bits per heavy atom. The Kier molecular flexibility index (Phi) is 2.46. The molecule has 1 fully saturated rings. The van der Waals surface area contributed by atoms with Crippen LogP contribution in [0.15, 0.2) is 36.4 Å². The summed E-state index contributed by atoms with van der Waals surface area (Å²) in [5.41, 5.74) is 2.40. The first-order valence-electron chi connectivity index (χ1n) is 5.78. The lowest BCUT2D eigenvalue weighted by molar-refractivity contribution is -0.00982. The topological polar surface area (TPSA) is 60.9 Å². The van der Waals surface area contributed by atoms with E-state index < -0.39 is 5.60 Å². The van der Waals surface area contributed by atoms with Gasteiger partial charge in [-0.1, -0.05) is 30.3 Å². The fourth-order valence-corrected chi connectivity index (χ4v) is 2.10. The van der Waals surface area contributed by atoms with Crippen molar-refractivity contribution in [2.24, 2.45) is 0 Å². The van der Waals surface area contributed by atoms with Crippen LogP contribution in [-0.4, -0.2) is 34.0 Å². The number of hydrogen-bond donors (Lipinski definition) is 3. The average Bonchev–Trinajstić information content (AvgIpc) is 2.77. The van der Waals surface area contributed by atoms with Gasteiger partial charge in [0.05, 0.1) is 11.3 Å². The van der Waals surface area contributed by atoms with Crippen LogP contribution in [0.1, 0.15) is 5.69 Å². The van der Waals surface area contributed by atoms with Crippen molar-refractivity contribution in [1.82, 2.24) is 15.5 Å². The van der Waals surface area contributed by atoms with Gasteiger partial charge in [-0.05, 0) is 6.07 Å². The van der Waals surface area contributed by atoms with Gasteiger partial charge in [0.15, 0.2) is 0 Å². The molecule has 1 aromatic heterocycles. The minimum Gasteiger partial charge on any atom is -0.387 e. The molecule has 0 radical (unpaired) electrons. The molecule has 3 rings (SSSR count). The molecule has 2 aromatic rings. The van der Waals surface area contributed by atoms with Gasteiger partial charge in [-0.25, -0.2) is 0 Å². The Hall–Kier alpha value is -1.65. The summed E-state index contributed by atoms with van der Waals surface area (Å²) in [5, 5.41) is 20.4. The van der Waals surface area contributed by atoms with E-state index in [0.29, 0.717) is 19.5 Å². The van der Waals surface area contributed by atoms with Crippen molar-refractivity contribution < 1.29 is 5.11 Å². The van der Waals surface area contributed by atoms with E-state index in [1.54, 1.807) is 0 Å². The molecule has 1 aliphatic rings. The second kappa shape index (κ2) is 3.98. The molecule has 0 saturated carbocycles. The van der Waals surface area contributed by atoms with Crippen molar-refractivity contribution in [3.05, 3.63) is 42.1 Å². The average molecular weight is 229 g/mol. The van der Waals surface area contributed by atoms with E-state index in [9.17, 15) is 5.11 Å². The Morgan fingerprint density at radius 1 is 1.24 bits per heavy atom. The zero-order valence-corrected chi connectivity index (χ0v) is 9.48. The van der Waals surface area contributed by atoms with Gasteiger partial charge in [0.25, 0.3) is 0 Å². The zero-order valence-electron chi connectivity index (χ0n) is 9.48. The molecule has 4 nitrogen and oxygen atoms in total. The van der Waals surface area contributed by atoms with Crippen LogP contribution in [0.4, 0.5) is 0 Å². The highest BCUT2D eigenvalue weighted by Gasteiger charge is 2.34. The van der Waals surface area contributed by atoms with Crippen molar-refractivity contribution in [2.45, 2.75) is 12.0 Å². The largest absolute Gasteiger partial charge is 0.387 e. The van der Waals surface area contributed by atoms with Crippen LogP contribution < -0.4 is 5.32 Å². The molecule has 17 heavy (non-hydrogen) atoms. The van der Waals surface area contributed by atoms with Crippen molar-refractivity contribution >= 4 is 0 Å². The van der Waals surface area contributed by atoms with E-state index in [2.05, 4.69) is 15.5 Å². The lowest BCUT2D eigenvalue weighted by Gasteiger charge is -2.37. The Morgan fingerprint density at radius 3 is 2.65 bits per heavy atom. The molecule has 0 amide bonds. The number of aromatic nitrogens is 2. The normalized spacial score (nSPS) is 17.7.